The lowest BCUT2D eigenvalue weighted by atomic mass is 10.1. The summed E-state index contributed by atoms with van der Waals surface area (Å²) in [4.78, 5) is 26.3. The molecule has 2 unspecified atom stereocenters. The lowest BCUT2D eigenvalue weighted by Crippen LogP contribution is -2.39. The van der Waals surface area contributed by atoms with Crippen LogP contribution in [0.5, 0.6) is 5.75 Å². The molecule has 2 N–H and O–H groups in total. The van der Waals surface area contributed by atoms with E-state index in [0.717, 1.165) is 23.3 Å². The molecule has 3 rings (SSSR count). The molecule has 1 fully saturated rings. The van der Waals surface area contributed by atoms with Crippen LogP contribution < -0.4 is 10.1 Å². The van der Waals surface area contributed by atoms with Gasteiger partial charge < -0.3 is 20.1 Å². The van der Waals surface area contributed by atoms with Gasteiger partial charge in [0.15, 0.2) is 0 Å². The summed E-state index contributed by atoms with van der Waals surface area (Å²) in [6.07, 6.45) is -5.38. The number of benzene rings is 2. The quantitative estimate of drug-likeness (QED) is 0.648. The third kappa shape index (κ3) is 6.46. The van der Waals surface area contributed by atoms with Crippen molar-refractivity contribution in [2.24, 2.45) is 5.92 Å². The summed E-state index contributed by atoms with van der Waals surface area (Å²) in [5.41, 5.74) is 1.32. The zero-order valence-corrected chi connectivity index (χ0v) is 17.6. The van der Waals surface area contributed by atoms with Crippen LogP contribution in [0.2, 0.25) is 0 Å². The molecule has 0 aromatic heterocycles. The molecule has 0 spiro atoms. The van der Waals surface area contributed by atoms with Gasteiger partial charge in [0.05, 0.1) is 11.5 Å². The molecular formula is C23H25F3N2O4. The first kappa shape index (κ1) is 23.6. The number of nitrogens with one attached hydrogen (secondary N) is 1. The number of nitrogens with zero attached hydrogens (tertiary/aromatic N) is 1. The molecule has 2 amide bonds. The molecular weight excluding hydrogens is 425 g/mol. The van der Waals surface area contributed by atoms with E-state index in [1.807, 2.05) is 31.2 Å². The van der Waals surface area contributed by atoms with E-state index < -0.39 is 23.8 Å². The number of hydrogen-bond donors (Lipinski definition) is 2. The third-order valence-electron chi connectivity index (χ3n) is 5.22. The van der Waals surface area contributed by atoms with Crippen LogP contribution in [0.3, 0.4) is 0 Å². The lowest BCUT2D eigenvalue weighted by Gasteiger charge is -2.18. The van der Waals surface area contributed by atoms with E-state index in [2.05, 4.69) is 5.32 Å². The predicted octanol–water partition coefficient (Wildman–Crippen LogP) is 2.92. The monoisotopic (exact) mass is 450 g/mol. The van der Waals surface area contributed by atoms with E-state index >= 15 is 0 Å². The van der Waals surface area contributed by atoms with Crippen molar-refractivity contribution in [2.75, 3.05) is 19.7 Å². The fraction of sp³-hybridized carbons (Fsp3) is 0.391. The van der Waals surface area contributed by atoms with Crippen LogP contribution in [0.25, 0.3) is 0 Å². The van der Waals surface area contributed by atoms with E-state index in [9.17, 15) is 27.9 Å². The van der Waals surface area contributed by atoms with E-state index in [-0.39, 0.29) is 37.1 Å². The van der Waals surface area contributed by atoms with Crippen molar-refractivity contribution in [1.82, 2.24) is 10.2 Å². The molecule has 1 aliphatic heterocycles. The summed E-state index contributed by atoms with van der Waals surface area (Å²) in [6.45, 7) is 2.42. The van der Waals surface area contributed by atoms with Gasteiger partial charge in [0.1, 0.15) is 18.5 Å². The van der Waals surface area contributed by atoms with Gasteiger partial charge in [0.2, 0.25) is 11.8 Å². The largest absolute Gasteiger partial charge is 0.491 e. The van der Waals surface area contributed by atoms with Gasteiger partial charge in [-0.3, -0.25) is 9.59 Å². The highest BCUT2D eigenvalue weighted by atomic mass is 19.4. The van der Waals surface area contributed by atoms with E-state index in [1.54, 1.807) is 4.90 Å². The molecule has 1 aliphatic rings. The Balaban J connectivity index is 1.41. The van der Waals surface area contributed by atoms with Gasteiger partial charge in [-0.25, -0.2) is 0 Å². The predicted molar refractivity (Wildman–Crippen MR) is 111 cm³/mol. The number of likely N-dealkylation sites (tertiary alicyclic amines) is 1. The van der Waals surface area contributed by atoms with Crippen molar-refractivity contribution in [2.45, 2.75) is 32.2 Å². The topological polar surface area (TPSA) is 78.9 Å². The summed E-state index contributed by atoms with van der Waals surface area (Å²) < 4.78 is 43.0. The van der Waals surface area contributed by atoms with E-state index in [4.69, 9.17) is 4.74 Å². The highest BCUT2D eigenvalue weighted by molar-refractivity contribution is 5.89. The minimum absolute atomic E-state index is 0.0951. The van der Waals surface area contributed by atoms with Gasteiger partial charge >= 0.3 is 6.18 Å². The van der Waals surface area contributed by atoms with Crippen LogP contribution in [0.4, 0.5) is 13.2 Å². The van der Waals surface area contributed by atoms with Gasteiger partial charge in [-0.05, 0) is 36.8 Å². The average Bonchev–Trinajstić information content (AvgIpc) is 3.12. The molecule has 2 aromatic carbocycles. The van der Waals surface area contributed by atoms with Crippen LogP contribution in [0.1, 0.15) is 23.1 Å². The fourth-order valence-corrected chi connectivity index (χ4v) is 3.37. The smallest absolute Gasteiger partial charge is 0.416 e. The summed E-state index contributed by atoms with van der Waals surface area (Å²) in [5, 5.41) is 12.6. The summed E-state index contributed by atoms with van der Waals surface area (Å²) in [6, 6.07) is 11.9. The first-order valence-electron chi connectivity index (χ1n) is 10.2. The second-order valence-electron chi connectivity index (χ2n) is 7.89. The van der Waals surface area contributed by atoms with E-state index in [0.29, 0.717) is 13.1 Å². The molecule has 0 bridgehead atoms. The lowest BCUT2D eigenvalue weighted by molar-refractivity contribution is -0.137. The Hall–Kier alpha value is -3.07. The molecule has 9 heteroatoms. The number of halogens is 3. The number of rotatable bonds is 8. The fourth-order valence-electron chi connectivity index (χ4n) is 3.37. The zero-order valence-electron chi connectivity index (χ0n) is 17.6. The Morgan fingerprint density at radius 2 is 1.84 bits per heavy atom. The minimum atomic E-state index is -4.43. The Morgan fingerprint density at radius 3 is 2.47 bits per heavy atom. The van der Waals surface area contributed by atoms with Crippen LogP contribution in [0.15, 0.2) is 48.5 Å². The number of aryl methyl sites for hydroxylation is 1. The zero-order chi connectivity index (χ0) is 23.3. The Bertz CT molecular complexity index is 930. The normalized spacial score (nSPS) is 17.3. The first-order valence-corrected chi connectivity index (χ1v) is 10.2. The number of aliphatic hydroxyl groups is 1. The number of carbonyl (C=O) groups is 2. The van der Waals surface area contributed by atoms with Crippen molar-refractivity contribution < 1.29 is 32.6 Å². The van der Waals surface area contributed by atoms with Gasteiger partial charge in [-0.1, -0.05) is 29.8 Å². The Labute approximate surface area is 184 Å². The van der Waals surface area contributed by atoms with Gasteiger partial charge in [-0.15, -0.1) is 0 Å². The molecule has 0 radical (unpaired) electrons. The molecule has 1 saturated heterocycles. The maximum atomic E-state index is 12.6. The van der Waals surface area contributed by atoms with Crippen LogP contribution in [-0.2, 0) is 22.3 Å². The number of aliphatic hydroxyl groups excluding tert-OH is 1. The van der Waals surface area contributed by atoms with Crippen molar-refractivity contribution in [1.29, 1.82) is 0 Å². The van der Waals surface area contributed by atoms with Gasteiger partial charge in [0.25, 0.3) is 0 Å². The highest BCUT2D eigenvalue weighted by Crippen LogP contribution is 2.30. The van der Waals surface area contributed by atoms with Gasteiger partial charge in [-0.2, -0.15) is 13.2 Å². The van der Waals surface area contributed by atoms with Gasteiger partial charge in [0, 0.05) is 26.1 Å². The second-order valence-corrected chi connectivity index (χ2v) is 7.89. The van der Waals surface area contributed by atoms with Crippen molar-refractivity contribution in [3.8, 4) is 5.75 Å². The summed E-state index contributed by atoms with van der Waals surface area (Å²) >= 11 is 0. The number of amides is 2. The second kappa shape index (κ2) is 10.0. The SMILES string of the molecule is Cc1ccc(CN2CC(C(=O)NCC(O)COc3ccc(C(F)(F)F)cc3)CC2=O)cc1. The first-order chi connectivity index (χ1) is 15.1. The van der Waals surface area contributed by atoms with Crippen LogP contribution in [-0.4, -0.2) is 47.6 Å². The minimum Gasteiger partial charge on any atom is -0.491 e. The van der Waals surface area contributed by atoms with Crippen molar-refractivity contribution >= 4 is 11.8 Å². The Morgan fingerprint density at radius 1 is 1.19 bits per heavy atom. The summed E-state index contributed by atoms with van der Waals surface area (Å²) in [5.74, 6) is -0.761. The molecule has 172 valence electrons. The number of alkyl halides is 3. The third-order valence-corrected chi connectivity index (χ3v) is 5.22. The average molecular weight is 450 g/mol. The molecule has 0 aliphatic carbocycles. The highest BCUT2D eigenvalue weighted by Gasteiger charge is 2.34. The van der Waals surface area contributed by atoms with E-state index in [1.165, 1.54) is 12.1 Å². The molecule has 32 heavy (non-hydrogen) atoms. The molecule has 6 nitrogen and oxygen atoms in total. The molecule has 2 aromatic rings. The number of carbonyl (C=O) groups excluding carboxylic acids is 2. The molecule has 1 heterocycles. The van der Waals surface area contributed by atoms with Crippen LogP contribution in [0, 0.1) is 12.8 Å². The summed E-state index contributed by atoms with van der Waals surface area (Å²) in [7, 11) is 0. The Kier molecular flexibility index (Phi) is 7.40. The van der Waals surface area contributed by atoms with Crippen molar-refractivity contribution in [3.05, 3.63) is 65.2 Å². The maximum absolute atomic E-state index is 12.6. The number of ether oxygens (including phenoxy) is 1. The molecule has 2 atom stereocenters. The standard InChI is InChI=1S/C23H25F3N2O4/c1-15-2-4-16(5-3-15)12-28-13-17(10-21(28)30)22(31)27-11-19(29)14-32-20-8-6-18(7-9-20)23(24,25)26/h2-9,17,19,29H,10-14H2,1H3,(H,27,31). The molecule has 0 saturated carbocycles. The number of hydrogen-bond acceptors (Lipinski definition) is 4. The van der Waals surface area contributed by atoms with Crippen LogP contribution >= 0.6 is 0 Å². The maximum Gasteiger partial charge on any atom is 0.416 e. The van der Waals surface area contributed by atoms with Crippen molar-refractivity contribution in [3.63, 3.8) is 0 Å².